The predicted octanol–water partition coefficient (Wildman–Crippen LogP) is 6.35. The summed E-state index contributed by atoms with van der Waals surface area (Å²) in [6, 6.07) is 10.6. The molecule has 0 saturated carbocycles. The van der Waals surface area contributed by atoms with Gasteiger partial charge < -0.3 is 24.6 Å². The van der Waals surface area contributed by atoms with Crippen LogP contribution >= 0.6 is 0 Å². The van der Waals surface area contributed by atoms with Crippen LogP contribution in [-0.4, -0.2) is 89.9 Å². The lowest BCUT2D eigenvalue weighted by atomic mass is 9.96. The fourth-order valence-corrected chi connectivity index (χ4v) is 6.61. The smallest absolute Gasteiger partial charge is 0.410 e. The maximum atomic E-state index is 16.7. The minimum absolute atomic E-state index is 0.0136. The molecule has 2 aliphatic rings. The number of carbonyl (C=O) groups is 2. The number of ether oxygens (including phenoxy) is 2. The molecule has 2 aliphatic heterocycles. The summed E-state index contributed by atoms with van der Waals surface area (Å²) >= 11 is 0. The standard InChI is InChI=1S/C36H42F2N6O4/c1-36(2,3)48-35(46)44-15-13-26(19-44)43(4)33-28-18-40-31(27-12-6-10-23-9-5-11-24(20-45)29(23)27)30(38)32(28)41-34(42-33)47-21-22-8-7-14-39-17-25(37)16-22/h5-6,9-12,18,20,22,25-26,39H,7-8,13-17,19,21H2,1-4H3/t22-,25-,26-/m1/s1. The van der Waals surface area contributed by atoms with E-state index in [0.717, 1.165) is 31.1 Å². The first-order valence-electron chi connectivity index (χ1n) is 16.5. The van der Waals surface area contributed by atoms with Crippen LogP contribution in [0.15, 0.2) is 42.6 Å². The van der Waals surface area contributed by atoms with Crippen LogP contribution in [0.1, 0.15) is 56.8 Å². The number of carbonyl (C=O) groups excluding carboxylic acids is 2. The van der Waals surface area contributed by atoms with Crippen molar-refractivity contribution in [1.82, 2.24) is 25.2 Å². The summed E-state index contributed by atoms with van der Waals surface area (Å²) in [5.41, 5.74) is 0.326. The highest BCUT2D eigenvalue weighted by Gasteiger charge is 2.34. The molecule has 1 amide bonds. The van der Waals surface area contributed by atoms with Crippen molar-refractivity contribution in [2.24, 2.45) is 5.92 Å². The summed E-state index contributed by atoms with van der Waals surface area (Å²) in [7, 11) is 1.84. The number of halogens is 2. The second-order valence-electron chi connectivity index (χ2n) is 13.7. The predicted molar refractivity (Wildman–Crippen MR) is 181 cm³/mol. The SMILES string of the molecule is CN(c1nc(OC[C@@H]2CCCNC[C@H](F)C2)nc2c(F)c(-c3cccc4cccc(C=O)c34)ncc12)[C@@H]1CCN(C(=O)OC(C)(C)C)C1. The molecule has 12 heteroatoms. The van der Waals surface area contributed by atoms with Gasteiger partial charge in [-0.2, -0.15) is 9.97 Å². The number of benzene rings is 2. The van der Waals surface area contributed by atoms with E-state index >= 15 is 4.39 Å². The summed E-state index contributed by atoms with van der Waals surface area (Å²) in [6.07, 6.45) is 3.57. The Labute approximate surface area is 278 Å². The molecule has 4 heterocycles. The monoisotopic (exact) mass is 660 g/mol. The molecular formula is C36H42F2N6O4. The highest BCUT2D eigenvalue weighted by molar-refractivity contribution is 6.07. The van der Waals surface area contributed by atoms with E-state index in [9.17, 15) is 14.0 Å². The fourth-order valence-electron chi connectivity index (χ4n) is 6.61. The van der Waals surface area contributed by atoms with Crippen molar-refractivity contribution in [2.75, 3.05) is 44.7 Å². The van der Waals surface area contributed by atoms with Gasteiger partial charge in [-0.25, -0.2) is 13.6 Å². The summed E-state index contributed by atoms with van der Waals surface area (Å²) in [6.45, 7) is 7.60. The zero-order valence-electron chi connectivity index (χ0n) is 27.8. The molecule has 48 heavy (non-hydrogen) atoms. The third-order valence-corrected chi connectivity index (χ3v) is 9.03. The summed E-state index contributed by atoms with van der Waals surface area (Å²) in [5.74, 6) is -0.318. The van der Waals surface area contributed by atoms with Crippen LogP contribution in [0.2, 0.25) is 0 Å². The van der Waals surface area contributed by atoms with Crippen molar-refractivity contribution in [3.8, 4) is 17.3 Å². The molecule has 0 spiro atoms. The number of hydrogen-bond donors (Lipinski definition) is 1. The molecule has 0 aliphatic carbocycles. The van der Waals surface area contributed by atoms with Gasteiger partial charge in [-0.05, 0) is 64.3 Å². The summed E-state index contributed by atoms with van der Waals surface area (Å²) in [4.78, 5) is 42.2. The minimum atomic E-state index is -0.989. The van der Waals surface area contributed by atoms with Gasteiger partial charge in [0.05, 0.1) is 12.0 Å². The molecule has 2 aromatic heterocycles. The number of hydrogen-bond acceptors (Lipinski definition) is 9. The summed E-state index contributed by atoms with van der Waals surface area (Å²) in [5, 5.41) is 4.86. The van der Waals surface area contributed by atoms with Crippen molar-refractivity contribution < 1.29 is 27.8 Å². The third kappa shape index (κ3) is 7.18. The first-order valence-corrected chi connectivity index (χ1v) is 16.5. The average molecular weight is 661 g/mol. The number of nitrogens with zero attached hydrogens (tertiary/aromatic N) is 5. The van der Waals surface area contributed by atoms with E-state index in [2.05, 4.69) is 15.3 Å². The van der Waals surface area contributed by atoms with E-state index in [4.69, 9.17) is 14.5 Å². The van der Waals surface area contributed by atoms with E-state index in [1.807, 2.05) is 44.9 Å². The van der Waals surface area contributed by atoms with E-state index in [1.54, 1.807) is 35.4 Å². The number of pyridine rings is 1. The number of anilines is 1. The Morgan fingerprint density at radius 2 is 1.96 bits per heavy atom. The van der Waals surface area contributed by atoms with Crippen LogP contribution in [0.3, 0.4) is 0 Å². The fraction of sp³-hybridized carbons (Fsp3) is 0.472. The lowest BCUT2D eigenvalue weighted by molar-refractivity contribution is 0.0292. The second-order valence-corrected chi connectivity index (χ2v) is 13.7. The van der Waals surface area contributed by atoms with Crippen LogP contribution < -0.4 is 15.0 Å². The number of aldehydes is 1. The number of amides is 1. The maximum Gasteiger partial charge on any atom is 0.410 e. The van der Waals surface area contributed by atoms with Crippen LogP contribution in [0, 0.1) is 11.7 Å². The van der Waals surface area contributed by atoms with Gasteiger partial charge in [0.2, 0.25) is 0 Å². The molecule has 0 bridgehead atoms. The Kier molecular flexibility index (Phi) is 9.73. The number of fused-ring (bicyclic) bond motifs is 2. The normalized spacial score (nSPS) is 20.4. The van der Waals surface area contributed by atoms with E-state index in [1.165, 1.54) is 0 Å². The zero-order valence-corrected chi connectivity index (χ0v) is 27.8. The quantitative estimate of drug-likeness (QED) is 0.227. The Morgan fingerprint density at radius 1 is 1.17 bits per heavy atom. The minimum Gasteiger partial charge on any atom is -0.463 e. The molecule has 6 rings (SSSR count). The maximum absolute atomic E-state index is 16.7. The molecule has 0 radical (unpaired) electrons. The van der Waals surface area contributed by atoms with Gasteiger partial charge >= 0.3 is 12.1 Å². The van der Waals surface area contributed by atoms with Gasteiger partial charge in [-0.15, -0.1) is 0 Å². The molecule has 2 fully saturated rings. The van der Waals surface area contributed by atoms with Crippen LogP contribution in [0.25, 0.3) is 32.9 Å². The first kappa shape index (κ1) is 33.5. The number of likely N-dealkylation sites (N-methyl/N-ethyl adjacent to an activating group) is 1. The molecule has 2 saturated heterocycles. The van der Waals surface area contributed by atoms with Gasteiger partial charge in [-0.1, -0.05) is 36.4 Å². The van der Waals surface area contributed by atoms with Gasteiger partial charge in [0, 0.05) is 55.4 Å². The summed E-state index contributed by atoms with van der Waals surface area (Å²) < 4.78 is 42.9. The van der Waals surface area contributed by atoms with Gasteiger partial charge in [-0.3, -0.25) is 9.78 Å². The van der Waals surface area contributed by atoms with E-state index < -0.39 is 23.7 Å². The van der Waals surface area contributed by atoms with Crippen molar-refractivity contribution >= 4 is 39.9 Å². The van der Waals surface area contributed by atoms with Crippen LogP contribution in [0.5, 0.6) is 6.01 Å². The highest BCUT2D eigenvalue weighted by atomic mass is 19.1. The Hall–Kier alpha value is -4.45. The molecule has 0 unspecified atom stereocenters. The number of aromatic nitrogens is 3. The Bertz CT molecular complexity index is 1810. The lowest BCUT2D eigenvalue weighted by Crippen LogP contribution is -2.39. The molecule has 4 aromatic rings. The van der Waals surface area contributed by atoms with E-state index in [0.29, 0.717) is 60.2 Å². The molecule has 1 N–H and O–H groups in total. The number of rotatable bonds is 7. The molecule has 3 atom stereocenters. The molecule has 2 aromatic carbocycles. The second kappa shape index (κ2) is 14.0. The Balaban J connectivity index is 1.39. The average Bonchev–Trinajstić information content (AvgIpc) is 3.55. The van der Waals surface area contributed by atoms with Gasteiger partial charge in [0.15, 0.2) is 12.1 Å². The zero-order chi connectivity index (χ0) is 34.0. The van der Waals surface area contributed by atoms with Gasteiger partial charge in [0.1, 0.15) is 28.8 Å². The van der Waals surface area contributed by atoms with Crippen molar-refractivity contribution in [1.29, 1.82) is 0 Å². The van der Waals surface area contributed by atoms with Gasteiger partial charge in [0.25, 0.3) is 0 Å². The number of likely N-dealkylation sites (tertiary alicyclic amines) is 1. The van der Waals surface area contributed by atoms with Crippen LogP contribution in [-0.2, 0) is 4.74 Å². The molecule has 254 valence electrons. The topological polar surface area (TPSA) is 110 Å². The largest absolute Gasteiger partial charge is 0.463 e. The van der Waals surface area contributed by atoms with Crippen LogP contribution in [0.4, 0.5) is 19.4 Å². The van der Waals surface area contributed by atoms with Crippen molar-refractivity contribution in [3.05, 3.63) is 54.0 Å². The van der Waals surface area contributed by atoms with Crippen molar-refractivity contribution in [3.63, 3.8) is 0 Å². The number of alkyl halides is 1. The molecule has 10 nitrogen and oxygen atoms in total. The Morgan fingerprint density at radius 3 is 2.73 bits per heavy atom. The molecular weight excluding hydrogens is 618 g/mol. The lowest BCUT2D eigenvalue weighted by Gasteiger charge is -2.28. The number of nitrogens with one attached hydrogen (secondary N) is 1. The van der Waals surface area contributed by atoms with E-state index in [-0.39, 0.29) is 35.8 Å². The van der Waals surface area contributed by atoms with Crippen molar-refractivity contribution in [2.45, 2.75) is 64.3 Å². The highest BCUT2D eigenvalue weighted by Crippen LogP contribution is 2.36. The third-order valence-electron chi connectivity index (χ3n) is 9.03. The first-order chi connectivity index (χ1) is 23.0.